The van der Waals surface area contributed by atoms with Gasteiger partial charge in [-0.3, -0.25) is 14.5 Å². The molecule has 1 aliphatic rings. The lowest BCUT2D eigenvalue weighted by atomic mass is 10.1. The molecule has 34 heavy (non-hydrogen) atoms. The molecule has 2 amide bonds. The molecule has 2 aromatic rings. The van der Waals surface area contributed by atoms with Crippen LogP contribution >= 0.6 is 0 Å². The number of carbonyl (C=O) groups is 3. The molecule has 0 radical (unpaired) electrons. The fraction of sp³-hybridized carbons (Fsp3) is 0.375. The van der Waals surface area contributed by atoms with E-state index in [1.807, 2.05) is 36.9 Å². The zero-order chi connectivity index (χ0) is 24.9. The van der Waals surface area contributed by atoms with Crippen LogP contribution in [0.4, 0.5) is 18.9 Å². The second kappa shape index (κ2) is 10.7. The highest BCUT2D eigenvalue weighted by Gasteiger charge is 2.35. The molecular formula is C24H26F3N3O4. The van der Waals surface area contributed by atoms with Crippen LogP contribution in [-0.4, -0.2) is 66.9 Å². The Bertz CT molecular complexity index is 1040. The number of carbonyl (C=O) groups excluding carboxylic acids is 3. The largest absolute Gasteiger partial charge is 0.452 e. The minimum atomic E-state index is -4.71. The molecule has 2 aromatic carbocycles. The first kappa shape index (κ1) is 25.2. The summed E-state index contributed by atoms with van der Waals surface area (Å²) in [6, 6.07) is 10.0. The molecular weight excluding hydrogens is 451 g/mol. The quantitative estimate of drug-likeness (QED) is 0.647. The number of rotatable bonds is 6. The average molecular weight is 477 g/mol. The summed E-state index contributed by atoms with van der Waals surface area (Å²) in [4.78, 5) is 40.3. The molecule has 0 saturated carbocycles. The number of ether oxygens (including phenoxy) is 1. The molecule has 0 aliphatic carbocycles. The van der Waals surface area contributed by atoms with Crippen molar-refractivity contribution in [2.24, 2.45) is 0 Å². The van der Waals surface area contributed by atoms with Gasteiger partial charge in [-0.1, -0.05) is 30.3 Å². The summed E-state index contributed by atoms with van der Waals surface area (Å²) < 4.78 is 44.1. The van der Waals surface area contributed by atoms with Gasteiger partial charge in [0.25, 0.3) is 5.91 Å². The molecule has 1 heterocycles. The van der Waals surface area contributed by atoms with E-state index < -0.39 is 35.8 Å². The molecule has 7 nitrogen and oxygen atoms in total. The van der Waals surface area contributed by atoms with E-state index in [0.717, 1.165) is 28.9 Å². The SMILES string of the molecule is Cc1cccc(C)c1NC(=O)CN1CCN(C(=O)COC(=O)c2ccccc2C(F)(F)F)CC1. The molecule has 0 aromatic heterocycles. The van der Waals surface area contributed by atoms with Gasteiger partial charge in [0, 0.05) is 31.9 Å². The molecule has 0 unspecified atom stereocenters. The highest BCUT2D eigenvalue weighted by Crippen LogP contribution is 2.32. The van der Waals surface area contributed by atoms with Gasteiger partial charge < -0.3 is 15.0 Å². The van der Waals surface area contributed by atoms with Crippen LogP contribution in [0.2, 0.25) is 0 Å². The molecule has 0 spiro atoms. The number of halogens is 3. The number of piperazine rings is 1. The number of esters is 1. The van der Waals surface area contributed by atoms with Crippen LogP contribution in [0.5, 0.6) is 0 Å². The van der Waals surface area contributed by atoms with Crippen molar-refractivity contribution in [1.29, 1.82) is 0 Å². The fourth-order valence-corrected chi connectivity index (χ4v) is 3.75. The molecule has 10 heteroatoms. The summed E-state index contributed by atoms with van der Waals surface area (Å²) in [6.45, 7) is 4.85. The van der Waals surface area contributed by atoms with Crippen LogP contribution in [0.1, 0.15) is 27.0 Å². The summed E-state index contributed by atoms with van der Waals surface area (Å²) in [5.41, 5.74) is 0.977. The van der Waals surface area contributed by atoms with Crippen LogP contribution in [0, 0.1) is 13.8 Å². The zero-order valence-electron chi connectivity index (χ0n) is 18.9. The minimum absolute atomic E-state index is 0.158. The minimum Gasteiger partial charge on any atom is -0.452 e. The lowest BCUT2D eigenvalue weighted by Gasteiger charge is -2.34. The Morgan fingerprint density at radius 2 is 1.56 bits per heavy atom. The smallest absolute Gasteiger partial charge is 0.417 e. The van der Waals surface area contributed by atoms with Crippen LogP contribution in [-0.2, 0) is 20.5 Å². The number of para-hydroxylation sites is 1. The lowest BCUT2D eigenvalue weighted by molar-refractivity contribution is -0.138. The van der Waals surface area contributed by atoms with E-state index in [9.17, 15) is 27.6 Å². The topological polar surface area (TPSA) is 79.0 Å². The number of nitrogens with one attached hydrogen (secondary N) is 1. The van der Waals surface area contributed by atoms with Gasteiger partial charge in [-0.25, -0.2) is 4.79 Å². The zero-order valence-corrected chi connectivity index (χ0v) is 18.9. The van der Waals surface area contributed by atoms with E-state index in [1.54, 1.807) is 0 Å². The number of aryl methyl sites for hydroxylation is 2. The van der Waals surface area contributed by atoms with Crippen LogP contribution in [0.3, 0.4) is 0 Å². The average Bonchev–Trinajstić information content (AvgIpc) is 2.79. The molecule has 3 rings (SSSR count). The summed E-state index contributed by atoms with van der Waals surface area (Å²) in [7, 11) is 0. The van der Waals surface area contributed by atoms with Gasteiger partial charge in [0.2, 0.25) is 5.91 Å². The van der Waals surface area contributed by atoms with Crippen LogP contribution < -0.4 is 5.32 Å². The Labute approximate surface area is 195 Å². The molecule has 1 saturated heterocycles. The van der Waals surface area contributed by atoms with Gasteiger partial charge in [0.05, 0.1) is 17.7 Å². The summed E-state index contributed by atoms with van der Waals surface area (Å²) in [6.07, 6.45) is -4.71. The first-order valence-electron chi connectivity index (χ1n) is 10.8. The van der Waals surface area contributed by atoms with Crippen molar-refractivity contribution in [3.8, 4) is 0 Å². The second-order valence-corrected chi connectivity index (χ2v) is 8.09. The van der Waals surface area contributed by atoms with E-state index >= 15 is 0 Å². The number of benzene rings is 2. The van der Waals surface area contributed by atoms with E-state index in [2.05, 4.69) is 5.32 Å². The van der Waals surface area contributed by atoms with Crippen molar-refractivity contribution < 1.29 is 32.3 Å². The third kappa shape index (κ3) is 6.34. The fourth-order valence-electron chi connectivity index (χ4n) is 3.75. The first-order chi connectivity index (χ1) is 16.1. The predicted molar refractivity (Wildman–Crippen MR) is 119 cm³/mol. The molecule has 182 valence electrons. The Hall–Kier alpha value is -3.40. The van der Waals surface area contributed by atoms with E-state index in [4.69, 9.17) is 4.74 Å². The third-order valence-electron chi connectivity index (χ3n) is 5.62. The number of hydrogen-bond donors (Lipinski definition) is 1. The number of alkyl halides is 3. The van der Waals surface area contributed by atoms with Crippen molar-refractivity contribution in [1.82, 2.24) is 9.80 Å². The summed E-state index contributed by atoms with van der Waals surface area (Å²) in [5.74, 6) is -1.87. The Kier molecular flexibility index (Phi) is 7.93. The van der Waals surface area contributed by atoms with Crippen molar-refractivity contribution in [2.75, 3.05) is 44.6 Å². The maximum Gasteiger partial charge on any atom is 0.417 e. The predicted octanol–water partition coefficient (Wildman–Crippen LogP) is 3.26. The van der Waals surface area contributed by atoms with Gasteiger partial charge >= 0.3 is 12.1 Å². The molecule has 0 atom stereocenters. The van der Waals surface area contributed by atoms with Crippen LogP contribution in [0.25, 0.3) is 0 Å². The van der Waals surface area contributed by atoms with E-state index in [-0.39, 0.29) is 12.5 Å². The van der Waals surface area contributed by atoms with Crippen molar-refractivity contribution in [2.45, 2.75) is 20.0 Å². The summed E-state index contributed by atoms with van der Waals surface area (Å²) in [5, 5.41) is 2.92. The lowest BCUT2D eigenvalue weighted by Crippen LogP contribution is -2.51. The van der Waals surface area contributed by atoms with Crippen molar-refractivity contribution >= 4 is 23.5 Å². The van der Waals surface area contributed by atoms with Gasteiger partial charge in [0.15, 0.2) is 6.61 Å². The maximum atomic E-state index is 13.1. The second-order valence-electron chi connectivity index (χ2n) is 8.09. The van der Waals surface area contributed by atoms with Crippen molar-refractivity contribution in [3.63, 3.8) is 0 Å². The standard InChI is InChI=1S/C24H26F3N3O4/c1-16-6-5-7-17(2)22(16)28-20(31)14-29-10-12-30(13-11-29)21(32)15-34-23(33)18-8-3-4-9-19(18)24(25,26)27/h3-9H,10-15H2,1-2H3,(H,28,31). The first-order valence-corrected chi connectivity index (χ1v) is 10.8. The van der Waals surface area contributed by atoms with Gasteiger partial charge in [-0.15, -0.1) is 0 Å². The van der Waals surface area contributed by atoms with E-state index in [1.165, 1.54) is 17.0 Å². The van der Waals surface area contributed by atoms with Gasteiger partial charge in [-0.2, -0.15) is 13.2 Å². The Morgan fingerprint density at radius 3 is 2.18 bits per heavy atom. The normalized spacial score (nSPS) is 14.6. The van der Waals surface area contributed by atoms with Gasteiger partial charge in [-0.05, 0) is 37.1 Å². The van der Waals surface area contributed by atoms with Gasteiger partial charge in [0.1, 0.15) is 0 Å². The number of hydrogen-bond acceptors (Lipinski definition) is 5. The number of amides is 2. The monoisotopic (exact) mass is 477 g/mol. The molecule has 1 fully saturated rings. The van der Waals surface area contributed by atoms with E-state index in [0.29, 0.717) is 26.2 Å². The van der Waals surface area contributed by atoms with Crippen molar-refractivity contribution in [3.05, 3.63) is 64.7 Å². The van der Waals surface area contributed by atoms with Crippen LogP contribution in [0.15, 0.2) is 42.5 Å². The third-order valence-corrected chi connectivity index (χ3v) is 5.62. The number of nitrogens with zero attached hydrogens (tertiary/aromatic N) is 2. The number of anilines is 1. The Balaban J connectivity index is 1.46. The summed E-state index contributed by atoms with van der Waals surface area (Å²) >= 11 is 0. The highest BCUT2D eigenvalue weighted by molar-refractivity contribution is 5.94. The molecule has 1 N–H and O–H groups in total. The maximum absolute atomic E-state index is 13.1. The highest BCUT2D eigenvalue weighted by atomic mass is 19.4. The molecule has 0 bridgehead atoms. The molecule has 1 aliphatic heterocycles. The Morgan fingerprint density at radius 1 is 0.941 bits per heavy atom.